The van der Waals surface area contributed by atoms with E-state index in [1.54, 1.807) is 0 Å². The van der Waals surface area contributed by atoms with E-state index in [4.69, 9.17) is 21.8 Å². The van der Waals surface area contributed by atoms with Gasteiger partial charge in [-0.05, 0) is 40.7 Å². The number of thioether (sulfide) groups is 4. The van der Waals surface area contributed by atoms with E-state index in [0.717, 1.165) is 28.7 Å². The number of thiol groups is 2. The number of aliphatic hydroxyl groups excluding tert-OH is 4. The van der Waals surface area contributed by atoms with E-state index < -0.39 is 315 Å². The number of hydrogen-bond acceptors (Lipinski definition) is 15. The molecule has 9 nitrogen and oxygen atoms in total. The average molecular weight is 2520 g/mol. The highest BCUT2D eigenvalue weighted by atomic mass is 127. The molecule has 0 fully saturated rings. The third kappa shape index (κ3) is 31.1. The van der Waals surface area contributed by atoms with E-state index in [1.807, 2.05) is 0 Å². The van der Waals surface area contributed by atoms with Gasteiger partial charge in [0.25, 0.3) is 0 Å². The molecule has 6 unspecified atom stereocenters. The minimum atomic E-state index is -8.23. The monoisotopic (exact) mass is 2520 g/mol. The average Bonchev–Trinajstić information content (AvgIpc) is 0.729. The van der Waals surface area contributed by atoms with Gasteiger partial charge in [-0.3, -0.25) is 4.79 Å². The van der Waals surface area contributed by atoms with E-state index in [-0.39, 0.29) is 70.7 Å². The van der Waals surface area contributed by atoms with Gasteiger partial charge in [-0.25, -0.2) is 9.59 Å². The first-order valence-electron chi connectivity index (χ1n) is 34.3. The molecule has 0 aliphatic carbocycles. The zero-order chi connectivity index (χ0) is 117. The first kappa shape index (κ1) is 148. The molecule has 82 heteroatoms. The number of allylic oxidation sites excluding steroid dienone is 1. The molecule has 0 amide bonds. The van der Waals surface area contributed by atoms with Gasteiger partial charge in [0.2, 0.25) is 5.24 Å². The van der Waals surface area contributed by atoms with Crippen LogP contribution in [0.25, 0.3) is 0 Å². The smallest absolute Gasteiger partial charge is 0.454 e. The zero-order valence-corrected chi connectivity index (χ0v) is 74.8. The quantitative estimate of drug-likeness (QED) is 0.00502. The van der Waals surface area contributed by atoms with Crippen LogP contribution in [-0.2, 0) is 23.9 Å². The van der Waals surface area contributed by atoms with Crippen LogP contribution in [0.15, 0.2) is 38.0 Å². The number of halogens is 67. The van der Waals surface area contributed by atoms with Crippen LogP contribution < -0.4 is 0 Å². The molecular formula is C61H53ClF65IO9S6. The maximum absolute atomic E-state index is 14.1. The lowest BCUT2D eigenvalue weighted by Gasteiger charge is -2.39. The molecule has 0 aromatic heterocycles. The van der Waals surface area contributed by atoms with Gasteiger partial charge in [0, 0.05) is 83.2 Å². The first-order chi connectivity index (χ1) is 62.2. The number of carbonyl (C=O) groups excluding carboxylic acids is 3. The van der Waals surface area contributed by atoms with Gasteiger partial charge in [-0.1, -0.05) is 42.3 Å². The Morgan fingerprint density at radius 3 is 0.517 bits per heavy atom. The Kier molecular flexibility index (Phi) is 51.6. The minimum Gasteiger partial charge on any atom is -0.454 e. The normalized spacial score (nSPS) is 16.3. The van der Waals surface area contributed by atoms with Crippen molar-refractivity contribution >= 4 is 124 Å². The molecule has 0 aromatic rings. The first-order valence-corrected chi connectivity index (χ1v) is 42.1. The lowest BCUT2D eigenvalue weighted by Crippen LogP contribution is -2.70. The van der Waals surface area contributed by atoms with E-state index in [2.05, 4.69) is 54.5 Å². The number of hydrogen-bond donors (Lipinski definition) is 6. The summed E-state index contributed by atoms with van der Waals surface area (Å²) in [6.45, 7) is 8.77. The van der Waals surface area contributed by atoms with Crippen molar-refractivity contribution in [3.63, 3.8) is 0 Å². The molecule has 0 aromatic carbocycles. The third-order valence-electron chi connectivity index (χ3n) is 16.5. The van der Waals surface area contributed by atoms with Crippen molar-refractivity contribution in [2.45, 2.75) is 248 Å². The second-order valence-corrected chi connectivity index (χ2v) is 33.5. The van der Waals surface area contributed by atoms with Crippen LogP contribution in [0.5, 0.6) is 0 Å². The number of ether oxygens (including phenoxy) is 2. The summed E-state index contributed by atoms with van der Waals surface area (Å²) < 4.78 is 857. The molecule has 0 aliphatic heterocycles. The van der Waals surface area contributed by atoms with Gasteiger partial charge in [0.05, 0.1) is 24.4 Å². The van der Waals surface area contributed by atoms with Crippen LogP contribution in [0.3, 0.4) is 0 Å². The van der Waals surface area contributed by atoms with Crippen LogP contribution >= 0.6 is 106 Å². The van der Waals surface area contributed by atoms with Crippen LogP contribution in [0.2, 0.25) is 0 Å². The Morgan fingerprint density at radius 1 is 0.252 bits per heavy atom. The molecule has 856 valence electrons. The summed E-state index contributed by atoms with van der Waals surface area (Å²) in [5.74, 6) is -205. The Morgan fingerprint density at radius 2 is 0.392 bits per heavy atom. The fraction of sp³-hybridized carbons (Fsp3) is 0.852. The maximum atomic E-state index is 14.1. The van der Waals surface area contributed by atoms with Crippen LogP contribution in [-0.4, -0.2) is 315 Å². The minimum absolute atomic E-state index is 0.242. The van der Waals surface area contributed by atoms with Crippen molar-refractivity contribution in [2.75, 3.05) is 62.0 Å². The predicted molar refractivity (Wildman–Crippen MR) is 378 cm³/mol. The third-order valence-corrected chi connectivity index (χ3v) is 22.2. The molecule has 0 saturated carbocycles. The van der Waals surface area contributed by atoms with Crippen molar-refractivity contribution in [1.29, 1.82) is 0 Å². The SMILES string of the molecule is C=CC(=O)Cl.C=CC(=O)OC(CSCCC(F)(F)C(F)(F)C(F)(F)C(F)(F)C(F)(F)C(F)(F)F)C(CSCCC(F)(F)C(F)(F)C(F)(F)C(F)(F)C(F)(F)C(F)(F)F)OC(=O)C=C.FC(F)(F)C(F)(F)C(F)(F)C(F)(F)C(F)(F)C(F)(F)CCI.OC(CS)C(O)CS.OC(CSCCC(F)(F)C(F)(F)C(F)(F)C(F)(F)C(F)(F)C(F)(F)F)C(O)CSCCC(F)(F)C(F)(F)C(F)(F)C(F)(F)C(F)(F)C(F)(F)F. The second-order valence-electron chi connectivity index (χ2n) is 26.7. The highest BCUT2D eigenvalue weighted by Gasteiger charge is 2.96. The van der Waals surface area contributed by atoms with Crippen molar-refractivity contribution in [3.8, 4) is 0 Å². The van der Waals surface area contributed by atoms with Gasteiger partial charge in [-0.2, -0.15) is 358 Å². The van der Waals surface area contributed by atoms with E-state index in [0.29, 0.717) is 0 Å². The molecule has 0 aliphatic rings. The Hall–Kier alpha value is -3.76. The topological polar surface area (TPSA) is 151 Å². The molecule has 6 atom stereocenters. The van der Waals surface area contributed by atoms with Gasteiger partial charge >= 0.3 is 191 Å². The zero-order valence-electron chi connectivity index (χ0n) is 66.8. The molecule has 0 rings (SSSR count). The molecule has 0 bridgehead atoms. The Labute approximate surface area is 798 Å². The number of esters is 2. The largest absolute Gasteiger partial charge is 0.460 e. The summed E-state index contributed by atoms with van der Waals surface area (Å²) in [7, 11) is 0. The van der Waals surface area contributed by atoms with Crippen LogP contribution in [0, 0.1) is 0 Å². The summed E-state index contributed by atoms with van der Waals surface area (Å²) in [5, 5.41) is 36.2. The van der Waals surface area contributed by atoms with E-state index in [1.165, 1.54) is 0 Å². The summed E-state index contributed by atoms with van der Waals surface area (Å²) in [6.07, 6.45) is -60.5. The van der Waals surface area contributed by atoms with Gasteiger partial charge in [-0.15, -0.1) is 0 Å². The summed E-state index contributed by atoms with van der Waals surface area (Å²) in [6, 6.07) is 0. The van der Waals surface area contributed by atoms with E-state index in [9.17, 15) is 310 Å². The number of alkyl halides is 66. The number of carbonyl (C=O) groups is 3. The highest BCUT2D eigenvalue weighted by molar-refractivity contribution is 14.1. The van der Waals surface area contributed by atoms with Crippen LogP contribution in [0.1, 0.15) is 32.1 Å². The molecule has 0 spiro atoms. The molecule has 0 saturated heterocycles. The summed E-state index contributed by atoms with van der Waals surface area (Å²) in [4.78, 5) is 33.0. The Balaban J connectivity index is -0.000000668. The predicted octanol–water partition coefficient (Wildman–Crippen LogP) is 26.4. The van der Waals surface area contributed by atoms with Crippen molar-refractivity contribution in [1.82, 2.24) is 0 Å². The standard InChI is InChI=1S/C26H20F26O4S2.C20H16F26O2S2.C8H4F13I.C4H10O2S2.C3H3ClO/c1-3-13(53)55-11(9-57-7-5-15(27,28)17(31,32)19(35,36)21(39,40)23(43,44)25(47,48)49)12(56-14(54)4-2)10-58-8-6-16(29,30)18(33,34)20(37,38)22(41,42)24(45,46)26(50,51)52;21-9(22,11(25,26)13(29,30)15(33,34)17(37,38)19(41,42)43)1-3-49-5-7(47)8(48)6-50-4-2-10(23,24)12(27,28)14(31,32)16(35,36)18(39,40)20(44,45)46;9-3(10,1-2-22)4(11,12)5(13,14)6(15,16)7(17,18)8(19,20)21;5-3(1-7)4(6)2-8;1-2-3(4)5/h3-4,11-12H,1-2,5-10H2;7-8,47-48H,1-6H2;1-2H2;3-8H,1-2H2;2H,1H2. The van der Waals surface area contributed by atoms with Crippen molar-refractivity contribution in [3.05, 3.63) is 38.0 Å². The second kappa shape index (κ2) is 50.0. The number of rotatable bonds is 52. The van der Waals surface area contributed by atoms with Crippen molar-refractivity contribution in [2.24, 2.45) is 0 Å². The molecule has 0 radical (unpaired) electrons. The Bertz CT molecular complexity index is 3790. The fourth-order valence-corrected chi connectivity index (χ4v) is 13.2. The van der Waals surface area contributed by atoms with E-state index >= 15 is 0 Å². The maximum Gasteiger partial charge on any atom is 0.460 e. The molecular weight excluding hydrogens is 2470 g/mol. The number of aliphatic hydroxyl groups is 4. The lowest BCUT2D eigenvalue weighted by atomic mass is 9.93. The lowest BCUT2D eigenvalue weighted by molar-refractivity contribution is -0.439. The molecule has 143 heavy (non-hydrogen) atoms. The van der Waals surface area contributed by atoms with Gasteiger partial charge in [0.1, 0.15) is 12.2 Å². The van der Waals surface area contributed by atoms with Gasteiger partial charge in [0.15, 0.2) is 0 Å². The fourth-order valence-electron chi connectivity index (χ4n) is 7.82. The molecule has 4 N–H and O–H groups in total. The van der Waals surface area contributed by atoms with Gasteiger partial charge < -0.3 is 29.9 Å². The summed E-state index contributed by atoms with van der Waals surface area (Å²) in [5.41, 5.74) is 0. The molecule has 0 heterocycles. The summed E-state index contributed by atoms with van der Waals surface area (Å²) >= 11 is 12.0. The van der Waals surface area contributed by atoms with Crippen LogP contribution in [0.4, 0.5) is 285 Å². The van der Waals surface area contributed by atoms with Crippen molar-refractivity contribution < 1.29 is 330 Å². The highest BCUT2D eigenvalue weighted by Crippen LogP contribution is 2.68.